The van der Waals surface area contributed by atoms with Crippen molar-refractivity contribution in [2.75, 3.05) is 36.5 Å². The van der Waals surface area contributed by atoms with E-state index >= 15 is 0 Å². The number of primary amides is 1. The fourth-order valence-electron chi connectivity index (χ4n) is 9.27. The average molecular weight is 1060 g/mol. The molecular formula is C57H55ClN10O5S2. The molecule has 0 fully saturated rings. The van der Waals surface area contributed by atoms with E-state index in [4.69, 9.17) is 5.73 Å². The number of halogens is 1. The number of fused-ring (bicyclic) bond motifs is 3. The van der Waals surface area contributed by atoms with Crippen LogP contribution in [0.4, 0.5) is 10.3 Å². The van der Waals surface area contributed by atoms with Crippen LogP contribution in [0.1, 0.15) is 85.3 Å². The van der Waals surface area contributed by atoms with E-state index in [0.29, 0.717) is 16.7 Å². The number of benzene rings is 5. The van der Waals surface area contributed by atoms with Crippen molar-refractivity contribution < 1.29 is 24.2 Å². The molecule has 3 aliphatic rings. The monoisotopic (exact) mass is 1060 g/mol. The van der Waals surface area contributed by atoms with Crippen molar-refractivity contribution in [3.05, 3.63) is 223 Å². The topological polar surface area (TPSA) is 187 Å². The summed E-state index contributed by atoms with van der Waals surface area (Å²) in [7, 11) is 1.40. The number of nitrogens with one attached hydrogen (secondary N) is 1. The molecule has 382 valence electrons. The Bertz CT molecular complexity index is 3210. The number of aromatic nitrogens is 6. The van der Waals surface area contributed by atoms with Crippen LogP contribution in [0.25, 0.3) is 11.4 Å². The van der Waals surface area contributed by atoms with Crippen LogP contribution in [0.5, 0.6) is 0 Å². The van der Waals surface area contributed by atoms with Gasteiger partial charge in [0.25, 0.3) is 0 Å². The van der Waals surface area contributed by atoms with E-state index in [-0.39, 0.29) is 24.3 Å². The first-order chi connectivity index (χ1) is 36.1. The van der Waals surface area contributed by atoms with Gasteiger partial charge in [-0.3, -0.25) is 4.79 Å². The summed E-state index contributed by atoms with van der Waals surface area (Å²) in [4.78, 5) is 50.2. The van der Waals surface area contributed by atoms with Crippen LogP contribution >= 0.6 is 35.1 Å². The highest BCUT2D eigenvalue weighted by atomic mass is 35.5. The SMILES string of the molecule is COC(=O)c1ccc2c(c1)CNCC2.Cl.NC(=O)c1ccc2c(c1)CCN(c1ncc(Cc3ccc(-n4cccn4)cc3)s1)C2.O=C(O)c1ccc2c(c1)CCN(c1ncc(Cc3ccc(-n4cccn4)cc3)s1)C2. The predicted octanol–water partition coefficient (Wildman–Crippen LogP) is 9.30. The number of thiazole rings is 2. The molecule has 0 atom stereocenters. The van der Waals surface area contributed by atoms with Gasteiger partial charge in [-0.25, -0.2) is 28.9 Å². The number of carboxylic acids is 1. The quantitative estimate of drug-likeness (QED) is 0.104. The number of methoxy groups -OCH3 is 1. The van der Waals surface area contributed by atoms with E-state index in [1.807, 2.05) is 88.7 Å². The molecule has 0 unspecified atom stereocenters. The fourth-order valence-corrected chi connectivity index (χ4v) is 11.2. The van der Waals surface area contributed by atoms with Crippen LogP contribution in [0.15, 0.2) is 152 Å². The summed E-state index contributed by atoms with van der Waals surface area (Å²) in [5.74, 6) is -1.51. The Morgan fingerprint density at radius 1 is 0.627 bits per heavy atom. The number of rotatable bonds is 11. The van der Waals surface area contributed by atoms with Crippen molar-refractivity contribution in [1.29, 1.82) is 0 Å². The third-order valence-electron chi connectivity index (χ3n) is 13.3. The fraction of sp³-hybridized carbons (Fsp3) is 0.211. The molecular weight excluding hydrogens is 1000 g/mol. The van der Waals surface area contributed by atoms with E-state index in [1.54, 1.807) is 47.2 Å². The Labute approximate surface area is 448 Å². The summed E-state index contributed by atoms with van der Waals surface area (Å²) in [6.07, 6.45) is 15.8. The van der Waals surface area contributed by atoms with E-state index in [1.165, 1.54) is 55.8 Å². The van der Waals surface area contributed by atoms with Gasteiger partial charge < -0.3 is 30.7 Å². The Kier molecular flexibility index (Phi) is 16.6. The molecule has 4 N–H and O–H groups in total. The van der Waals surface area contributed by atoms with Gasteiger partial charge in [-0.05, 0) is 143 Å². The first-order valence-corrected chi connectivity index (χ1v) is 26.0. The molecule has 0 radical (unpaired) electrons. The van der Waals surface area contributed by atoms with Gasteiger partial charge in [0.1, 0.15) is 0 Å². The minimum absolute atomic E-state index is 0. The van der Waals surface area contributed by atoms with E-state index in [0.717, 1.165) is 98.6 Å². The Morgan fingerprint density at radius 3 is 1.61 bits per heavy atom. The first kappa shape index (κ1) is 51.9. The number of nitrogens with two attached hydrogens (primary N) is 1. The lowest BCUT2D eigenvalue weighted by molar-refractivity contribution is 0.0599. The third-order valence-corrected chi connectivity index (χ3v) is 15.4. The highest BCUT2D eigenvalue weighted by molar-refractivity contribution is 7.15. The molecule has 15 nitrogen and oxygen atoms in total. The summed E-state index contributed by atoms with van der Waals surface area (Å²) in [5.41, 5.74) is 18.9. The Morgan fingerprint density at radius 2 is 1.12 bits per heavy atom. The number of carbonyl (C=O) groups is 3. The number of anilines is 2. The summed E-state index contributed by atoms with van der Waals surface area (Å²) < 4.78 is 8.37. The molecule has 12 rings (SSSR count). The number of carboxylic acid groups (broad SMARTS) is 1. The van der Waals surface area contributed by atoms with Gasteiger partial charge in [-0.1, -0.05) is 42.5 Å². The lowest BCUT2D eigenvalue weighted by Gasteiger charge is -2.28. The molecule has 0 saturated carbocycles. The lowest BCUT2D eigenvalue weighted by Crippen LogP contribution is -2.30. The number of esters is 1. The van der Waals surface area contributed by atoms with Gasteiger partial charge >= 0.3 is 11.9 Å². The maximum absolute atomic E-state index is 11.4. The zero-order chi connectivity index (χ0) is 51.0. The van der Waals surface area contributed by atoms with Crippen molar-refractivity contribution in [2.24, 2.45) is 5.73 Å². The predicted molar refractivity (Wildman–Crippen MR) is 295 cm³/mol. The van der Waals surface area contributed by atoms with Crippen molar-refractivity contribution in [3.8, 4) is 11.4 Å². The number of ether oxygens (including phenoxy) is 1. The maximum Gasteiger partial charge on any atom is 0.337 e. The molecule has 3 aliphatic heterocycles. The molecule has 18 heteroatoms. The van der Waals surface area contributed by atoms with Crippen LogP contribution in [0, 0.1) is 0 Å². The third kappa shape index (κ3) is 12.7. The van der Waals surface area contributed by atoms with Gasteiger partial charge in [0, 0.05) is 98.1 Å². The Balaban J connectivity index is 0.000000146. The summed E-state index contributed by atoms with van der Waals surface area (Å²) in [6, 6.07) is 37.6. The van der Waals surface area contributed by atoms with Crippen molar-refractivity contribution in [3.63, 3.8) is 0 Å². The number of hydrogen-bond donors (Lipinski definition) is 3. The standard InChI is InChI=1S/C23H21N5OS.C23H20N4O2S.C11H13NO2.ClH/c24-22(29)18-4-5-19-15-27(11-8-17(19)13-18)23-25-14-21(30-23)12-16-2-6-20(7-3-16)28-10-1-9-26-28;28-22(29)18-4-5-19-15-26(11-8-17(19)13-18)23-24-14-21(30-23)12-16-2-6-20(7-3-16)27-10-1-9-25-27;1-14-11(13)9-3-2-8-4-5-12-7-10(8)6-9;/h1-7,9-10,13-14H,8,11-12,15H2,(H2,24,29);1-7,9-10,13-14H,8,11-12,15H2,(H,28,29);2-3,6,12H,4-5,7H2,1H3;1H. The second-order valence-electron chi connectivity index (χ2n) is 18.2. The van der Waals surface area contributed by atoms with Crippen LogP contribution < -0.4 is 20.9 Å². The molecule has 0 aliphatic carbocycles. The average Bonchev–Trinajstić information content (AvgIpc) is 4.31. The Hall–Kier alpha value is -7.96. The zero-order valence-corrected chi connectivity index (χ0v) is 43.6. The molecule has 0 saturated heterocycles. The zero-order valence-electron chi connectivity index (χ0n) is 41.2. The van der Waals surface area contributed by atoms with Gasteiger partial charge in [-0.2, -0.15) is 10.2 Å². The van der Waals surface area contributed by atoms with Gasteiger partial charge in [0.15, 0.2) is 10.3 Å². The minimum Gasteiger partial charge on any atom is -0.478 e. The number of hydrogen-bond acceptors (Lipinski definition) is 13. The maximum atomic E-state index is 11.4. The molecule has 4 aromatic heterocycles. The summed E-state index contributed by atoms with van der Waals surface area (Å²) in [6.45, 7) is 5.17. The van der Waals surface area contributed by atoms with Gasteiger partial charge in [0.2, 0.25) is 5.91 Å². The van der Waals surface area contributed by atoms with Crippen LogP contribution in [-0.4, -0.2) is 79.2 Å². The molecule has 5 aromatic carbocycles. The first-order valence-electron chi connectivity index (χ1n) is 24.4. The second-order valence-corrected chi connectivity index (χ2v) is 20.4. The number of aromatic carboxylic acids is 1. The molecule has 0 spiro atoms. The van der Waals surface area contributed by atoms with Crippen LogP contribution in [0.2, 0.25) is 0 Å². The van der Waals surface area contributed by atoms with Crippen molar-refractivity contribution >= 4 is 63.2 Å². The van der Waals surface area contributed by atoms with Crippen LogP contribution in [-0.2, 0) is 56.5 Å². The van der Waals surface area contributed by atoms with Gasteiger partial charge in [0.05, 0.1) is 29.6 Å². The molecule has 7 heterocycles. The summed E-state index contributed by atoms with van der Waals surface area (Å²) in [5, 5.41) is 23.0. The molecule has 0 bridgehead atoms. The van der Waals surface area contributed by atoms with Crippen molar-refractivity contribution in [1.82, 2.24) is 34.8 Å². The molecule has 9 aromatic rings. The minimum atomic E-state index is -0.873. The molecule has 75 heavy (non-hydrogen) atoms. The van der Waals surface area contributed by atoms with Crippen molar-refractivity contribution in [2.45, 2.75) is 51.7 Å². The second kappa shape index (κ2) is 23.9. The highest BCUT2D eigenvalue weighted by Gasteiger charge is 2.22. The largest absolute Gasteiger partial charge is 0.478 e. The number of carbonyl (C=O) groups excluding carboxylic acids is 2. The van der Waals surface area contributed by atoms with E-state index in [2.05, 4.69) is 88.5 Å². The molecule has 1 amide bonds. The summed E-state index contributed by atoms with van der Waals surface area (Å²) >= 11 is 3.46. The highest BCUT2D eigenvalue weighted by Crippen LogP contribution is 2.32. The van der Waals surface area contributed by atoms with E-state index < -0.39 is 5.97 Å². The smallest absolute Gasteiger partial charge is 0.337 e. The number of nitrogens with zero attached hydrogens (tertiary/aromatic N) is 8. The lowest BCUT2D eigenvalue weighted by atomic mass is 9.97. The van der Waals surface area contributed by atoms with E-state index in [9.17, 15) is 19.5 Å². The number of amides is 1. The van der Waals surface area contributed by atoms with Crippen LogP contribution in [0.3, 0.4) is 0 Å². The normalized spacial score (nSPS) is 13.3. The van der Waals surface area contributed by atoms with Gasteiger partial charge in [-0.15, -0.1) is 35.1 Å².